The summed E-state index contributed by atoms with van der Waals surface area (Å²) >= 11 is 0. The maximum absolute atomic E-state index is 11.8. The monoisotopic (exact) mass is 361 g/mol. The molecule has 3 rings (SSSR count). The van der Waals surface area contributed by atoms with Crippen LogP contribution in [0.15, 0.2) is 58.5 Å². The first-order chi connectivity index (χ1) is 12.1. The fourth-order valence-corrected chi connectivity index (χ4v) is 2.75. The van der Waals surface area contributed by atoms with E-state index in [0.29, 0.717) is 18.2 Å². The van der Waals surface area contributed by atoms with Crippen LogP contribution in [0.4, 0.5) is 17.3 Å². The Kier molecular flexibility index (Phi) is 5.16. The summed E-state index contributed by atoms with van der Waals surface area (Å²) in [5.74, 6) is 1.12. The molecule has 3 aromatic heterocycles. The van der Waals surface area contributed by atoms with E-state index < -0.39 is 10.0 Å². The van der Waals surface area contributed by atoms with Crippen molar-refractivity contribution in [3.63, 3.8) is 0 Å². The largest absolute Gasteiger partial charge is 0.367 e. The van der Waals surface area contributed by atoms with Crippen molar-refractivity contribution < 1.29 is 12.9 Å². The van der Waals surface area contributed by atoms with Crippen molar-refractivity contribution in [1.82, 2.24) is 25.1 Å². The number of nitrogens with one attached hydrogen (secondary N) is 3. The van der Waals surface area contributed by atoms with Crippen LogP contribution in [0.3, 0.4) is 0 Å². The maximum atomic E-state index is 11.8. The first-order valence-corrected chi connectivity index (χ1v) is 8.75. The molecule has 25 heavy (non-hydrogen) atoms. The SMILES string of the molecule is O=S(=O)(NCCNc1ccc(Nc2ccncc2)nn1)c1cnoc1. The first-order valence-electron chi connectivity index (χ1n) is 7.27. The van der Waals surface area contributed by atoms with Gasteiger partial charge in [-0.15, -0.1) is 10.2 Å². The third-order valence-corrected chi connectivity index (χ3v) is 4.47. The first kappa shape index (κ1) is 16.8. The predicted octanol–water partition coefficient (Wildman–Crippen LogP) is 0.994. The summed E-state index contributed by atoms with van der Waals surface area (Å²) < 4.78 is 30.6. The number of pyridine rings is 1. The highest BCUT2D eigenvalue weighted by atomic mass is 32.2. The molecule has 0 bridgehead atoms. The Labute approximate surface area is 143 Å². The molecule has 130 valence electrons. The second-order valence-corrected chi connectivity index (χ2v) is 6.62. The van der Waals surface area contributed by atoms with Gasteiger partial charge in [0.05, 0.1) is 6.20 Å². The number of aromatic nitrogens is 4. The Morgan fingerprint density at radius 3 is 2.44 bits per heavy atom. The van der Waals surface area contributed by atoms with Crippen LogP contribution in [0.1, 0.15) is 0 Å². The van der Waals surface area contributed by atoms with Gasteiger partial charge in [-0.2, -0.15) is 0 Å². The standard InChI is InChI=1S/C14H15N7O3S/c22-25(23,12-9-17-24-10-12)18-8-7-16-13-1-2-14(21-20-13)19-11-3-5-15-6-4-11/h1-6,9-10,18H,7-8H2,(H,16,20)(H,15,19,21). The molecule has 0 amide bonds. The maximum Gasteiger partial charge on any atom is 0.245 e. The molecule has 0 saturated heterocycles. The second kappa shape index (κ2) is 7.68. The van der Waals surface area contributed by atoms with Gasteiger partial charge in [0.2, 0.25) is 10.0 Å². The highest BCUT2D eigenvalue weighted by Gasteiger charge is 2.15. The third kappa shape index (κ3) is 4.71. The summed E-state index contributed by atoms with van der Waals surface area (Å²) in [5.41, 5.74) is 0.855. The summed E-state index contributed by atoms with van der Waals surface area (Å²) in [6, 6.07) is 7.13. The molecule has 3 N–H and O–H groups in total. The number of hydrogen-bond donors (Lipinski definition) is 3. The molecule has 0 aromatic carbocycles. The van der Waals surface area contributed by atoms with Gasteiger partial charge in [0.1, 0.15) is 17.0 Å². The van der Waals surface area contributed by atoms with Crippen molar-refractivity contribution in [2.45, 2.75) is 4.90 Å². The van der Waals surface area contributed by atoms with E-state index in [1.807, 2.05) is 12.1 Å². The van der Waals surface area contributed by atoms with Crippen LogP contribution in [0, 0.1) is 0 Å². The van der Waals surface area contributed by atoms with Crippen LogP contribution in [-0.4, -0.2) is 41.8 Å². The van der Waals surface area contributed by atoms with Gasteiger partial charge in [-0.3, -0.25) is 4.98 Å². The average molecular weight is 361 g/mol. The van der Waals surface area contributed by atoms with Crippen LogP contribution in [-0.2, 0) is 10.0 Å². The lowest BCUT2D eigenvalue weighted by atomic mass is 10.4. The minimum absolute atomic E-state index is 0.0150. The van der Waals surface area contributed by atoms with Gasteiger partial charge in [0.25, 0.3) is 0 Å². The lowest BCUT2D eigenvalue weighted by molar-refractivity contribution is 0.417. The van der Waals surface area contributed by atoms with Crippen molar-refractivity contribution in [3.05, 3.63) is 49.1 Å². The molecule has 0 saturated carbocycles. The molecule has 0 atom stereocenters. The highest BCUT2D eigenvalue weighted by molar-refractivity contribution is 7.89. The van der Waals surface area contributed by atoms with Crippen molar-refractivity contribution in [3.8, 4) is 0 Å². The van der Waals surface area contributed by atoms with Crippen LogP contribution in [0.2, 0.25) is 0 Å². The van der Waals surface area contributed by atoms with Gasteiger partial charge < -0.3 is 15.2 Å². The van der Waals surface area contributed by atoms with E-state index in [4.69, 9.17) is 0 Å². The smallest absolute Gasteiger partial charge is 0.245 e. The van der Waals surface area contributed by atoms with Crippen LogP contribution >= 0.6 is 0 Å². The molecule has 10 nitrogen and oxygen atoms in total. The second-order valence-electron chi connectivity index (χ2n) is 4.85. The van der Waals surface area contributed by atoms with Gasteiger partial charge in [-0.05, 0) is 24.3 Å². The van der Waals surface area contributed by atoms with E-state index in [1.165, 1.54) is 0 Å². The molecule has 3 heterocycles. The van der Waals surface area contributed by atoms with E-state index in [-0.39, 0.29) is 11.4 Å². The summed E-state index contributed by atoms with van der Waals surface area (Å²) in [7, 11) is -3.61. The molecule has 0 spiro atoms. The molecular weight excluding hydrogens is 346 g/mol. The van der Waals surface area contributed by atoms with Gasteiger partial charge in [-0.1, -0.05) is 5.16 Å². The summed E-state index contributed by atoms with van der Waals surface area (Å²) in [6.45, 7) is 0.516. The normalized spacial score (nSPS) is 11.2. The molecule has 11 heteroatoms. The molecule has 0 fully saturated rings. The van der Waals surface area contributed by atoms with Crippen molar-refractivity contribution in [2.24, 2.45) is 0 Å². The fourth-order valence-electron chi connectivity index (χ4n) is 1.86. The molecule has 0 radical (unpaired) electrons. The lowest BCUT2D eigenvalue weighted by Crippen LogP contribution is -2.28. The quantitative estimate of drug-likeness (QED) is 0.502. The molecule has 0 aliphatic rings. The Morgan fingerprint density at radius 1 is 1.00 bits per heavy atom. The van der Waals surface area contributed by atoms with E-state index >= 15 is 0 Å². The van der Waals surface area contributed by atoms with Crippen LogP contribution in [0.5, 0.6) is 0 Å². The van der Waals surface area contributed by atoms with Gasteiger partial charge >= 0.3 is 0 Å². The Hall–Kier alpha value is -3.05. The lowest BCUT2D eigenvalue weighted by Gasteiger charge is -2.08. The van der Waals surface area contributed by atoms with Gasteiger partial charge in [0.15, 0.2) is 5.82 Å². The number of sulfonamides is 1. The van der Waals surface area contributed by atoms with Crippen LogP contribution in [0.25, 0.3) is 0 Å². The molecule has 0 unspecified atom stereocenters. The topological polar surface area (TPSA) is 135 Å². The van der Waals surface area contributed by atoms with E-state index in [1.54, 1.807) is 24.5 Å². The molecule has 0 aliphatic heterocycles. The third-order valence-electron chi connectivity index (χ3n) is 3.06. The Morgan fingerprint density at radius 2 is 1.76 bits per heavy atom. The Balaban J connectivity index is 1.46. The summed E-state index contributed by atoms with van der Waals surface area (Å²) in [4.78, 5) is 3.92. The minimum Gasteiger partial charge on any atom is -0.367 e. The number of nitrogens with zero attached hydrogens (tertiary/aromatic N) is 4. The van der Waals surface area contributed by atoms with Crippen molar-refractivity contribution >= 4 is 27.3 Å². The minimum atomic E-state index is -3.61. The zero-order valence-electron chi connectivity index (χ0n) is 13.0. The van der Waals surface area contributed by atoms with E-state index in [0.717, 1.165) is 18.1 Å². The highest BCUT2D eigenvalue weighted by Crippen LogP contribution is 2.13. The molecular formula is C14H15N7O3S. The zero-order valence-corrected chi connectivity index (χ0v) is 13.8. The van der Waals surface area contributed by atoms with Crippen molar-refractivity contribution in [1.29, 1.82) is 0 Å². The number of anilines is 3. The van der Waals surface area contributed by atoms with Gasteiger partial charge in [-0.25, -0.2) is 13.1 Å². The zero-order chi connectivity index (χ0) is 17.5. The van der Waals surface area contributed by atoms with Gasteiger partial charge in [0, 0.05) is 31.2 Å². The van der Waals surface area contributed by atoms with Crippen molar-refractivity contribution in [2.75, 3.05) is 23.7 Å². The summed E-state index contributed by atoms with van der Waals surface area (Å²) in [5, 5.41) is 17.5. The summed E-state index contributed by atoms with van der Waals surface area (Å²) in [6.07, 6.45) is 5.55. The van der Waals surface area contributed by atoms with E-state index in [2.05, 4.69) is 40.2 Å². The molecule has 3 aromatic rings. The number of rotatable bonds is 8. The number of hydrogen-bond acceptors (Lipinski definition) is 9. The Bertz CT molecular complexity index is 884. The molecule has 0 aliphatic carbocycles. The predicted molar refractivity (Wildman–Crippen MR) is 89.7 cm³/mol. The van der Waals surface area contributed by atoms with E-state index in [9.17, 15) is 8.42 Å². The van der Waals surface area contributed by atoms with Crippen LogP contribution < -0.4 is 15.4 Å². The average Bonchev–Trinajstić information content (AvgIpc) is 3.17. The fraction of sp³-hybridized carbons (Fsp3) is 0.143.